The highest BCUT2D eigenvalue weighted by molar-refractivity contribution is 5.88. The minimum atomic E-state index is 0.221. The van der Waals surface area contributed by atoms with E-state index in [2.05, 4.69) is 131 Å². The quantitative estimate of drug-likeness (QED) is 0.273. The molecule has 2 heterocycles. The smallest absolute Gasteiger partial charge is 0.0998 e. The molecule has 0 amide bonds. The normalized spacial score (nSPS) is 26.0. The molecule has 3 aromatic rings. The Kier molecular flexibility index (Phi) is 6.91. The van der Waals surface area contributed by atoms with Crippen molar-refractivity contribution in [3.63, 3.8) is 0 Å². The molecule has 6 aliphatic rings. The third-order valence-electron chi connectivity index (χ3n) is 11.2. The molecule has 0 saturated heterocycles. The SMILES string of the molecule is N#Cc1ccc(-c2cc(C3=CCC(N4c5ccccc5C5C=CC=CC54)C=C3)ccc2C#N)c(N2C3=C(CCC=C3)C3CCC=CC32)c1. The van der Waals surface area contributed by atoms with Gasteiger partial charge in [-0.2, -0.15) is 10.5 Å². The molecule has 4 aliphatic carbocycles. The van der Waals surface area contributed by atoms with E-state index in [1.165, 1.54) is 28.1 Å². The molecular weight excluding hydrogens is 585 g/mol. The molecule has 5 atom stereocenters. The number of hydrogen-bond donors (Lipinski definition) is 0. The molecule has 4 heteroatoms. The van der Waals surface area contributed by atoms with Crippen molar-refractivity contribution in [3.05, 3.63) is 161 Å². The maximum Gasteiger partial charge on any atom is 0.0998 e. The molecule has 0 radical (unpaired) electrons. The fourth-order valence-corrected chi connectivity index (χ4v) is 9.01. The zero-order valence-corrected chi connectivity index (χ0v) is 26.8. The van der Waals surface area contributed by atoms with Crippen molar-refractivity contribution in [2.45, 2.75) is 56.1 Å². The molecule has 0 N–H and O–H groups in total. The van der Waals surface area contributed by atoms with E-state index in [9.17, 15) is 10.5 Å². The summed E-state index contributed by atoms with van der Waals surface area (Å²) in [5.74, 6) is 0.873. The van der Waals surface area contributed by atoms with E-state index in [-0.39, 0.29) is 12.1 Å². The summed E-state index contributed by atoms with van der Waals surface area (Å²) in [5, 5.41) is 20.3. The van der Waals surface area contributed by atoms with Crippen LogP contribution in [-0.4, -0.2) is 18.1 Å². The average molecular weight is 621 g/mol. The lowest BCUT2D eigenvalue weighted by Gasteiger charge is -2.35. The molecule has 3 aromatic carbocycles. The molecular formula is C44H36N4. The van der Waals surface area contributed by atoms with Gasteiger partial charge in [-0.15, -0.1) is 0 Å². The Hall–Kier alpha value is -5.58. The number of benzene rings is 3. The Bertz CT molecular complexity index is 2140. The molecule has 5 unspecified atom stereocenters. The Labute approximate surface area is 282 Å². The van der Waals surface area contributed by atoms with Crippen molar-refractivity contribution >= 4 is 16.9 Å². The minimum absolute atomic E-state index is 0.221. The highest BCUT2D eigenvalue weighted by Gasteiger charge is 2.42. The summed E-state index contributed by atoms with van der Waals surface area (Å²) < 4.78 is 0. The van der Waals surface area contributed by atoms with E-state index in [1.54, 1.807) is 0 Å². The second-order valence-electron chi connectivity index (χ2n) is 13.6. The lowest BCUT2D eigenvalue weighted by molar-refractivity contribution is 0.501. The summed E-state index contributed by atoms with van der Waals surface area (Å²) in [7, 11) is 0. The number of allylic oxidation sites excluding steroid dienone is 7. The van der Waals surface area contributed by atoms with Gasteiger partial charge in [-0.25, -0.2) is 0 Å². The number of nitriles is 2. The number of fused-ring (bicyclic) bond motifs is 5. The van der Waals surface area contributed by atoms with Crippen LogP contribution in [0.3, 0.4) is 0 Å². The van der Waals surface area contributed by atoms with Crippen LogP contribution >= 0.6 is 0 Å². The van der Waals surface area contributed by atoms with E-state index in [4.69, 9.17) is 0 Å². The standard InChI is InChI=1S/C44H36N4/c45-27-29-17-24-38(44(25-29)48-42-15-7-3-11-36(42)37-12-4-8-16-43(37)48)39-26-31(18-19-32(39)28-46)30-20-22-33(23-21-30)47-40-13-5-1-9-34(40)35-10-2-6-14-41(35)47/h1-2,5-10,13-22,24-26,33-34,36,40,42H,3-4,11-12,23H2. The Morgan fingerprint density at radius 1 is 0.750 bits per heavy atom. The number of hydrogen-bond acceptors (Lipinski definition) is 4. The monoisotopic (exact) mass is 620 g/mol. The van der Waals surface area contributed by atoms with Gasteiger partial charge in [-0.05, 0) is 90.8 Å². The highest BCUT2D eigenvalue weighted by Crippen LogP contribution is 2.50. The van der Waals surface area contributed by atoms with Crippen LogP contribution in [0.1, 0.15) is 60.3 Å². The van der Waals surface area contributed by atoms with Crippen LogP contribution in [0.2, 0.25) is 0 Å². The third kappa shape index (κ3) is 4.48. The average Bonchev–Trinajstić information content (AvgIpc) is 3.67. The number of para-hydroxylation sites is 1. The zero-order chi connectivity index (χ0) is 32.2. The van der Waals surface area contributed by atoms with Crippen LogP contribution in [0.15, 0.2) is 139 Å². The van der Waals surface area contributed by atoms with Gasteiger partial charge in [0.15, 0.2) is 0 Å². The predicted molar refractivity (Wildman–Crippen MR) is 194 cm³/mol. The third-order valence-corrected chi connectivity index (χ3v) is 11.2. The molecule has 0 aromatic heterocycles. The summed E-state index contributed by atoms with van der Waals surface area (Å²) in [6, 6.07) is 26.7. The van der Waals surface area contributed by atoms with Gasteiger partial charge in [0.1, 0.15) is 0 Å². The maximum atomic E-state index is 10.4. The summed E-state index contributed by atoms with van der Waals surface area (Å²) in [5.41, 5.74) is 12.0. The highest BCUT2D eigenvalue weighted by atomic mass is 15.2. The van der Waals surface area contributed by atoms with E-state index >= 15 is 0 Å². The first-order chi connectivity index (χ1) is 23.7. The van der Waals surface area contributed by atoms with Crippen molar-refractivity contribution < 1.29 is 0 Å². The van der Waals surface area contributed by atoms with Crippen molar-refractivity contribution in [1.82, 2.24) is 0 Å². The fraction of sp³-hybridized carbons (Fsp3) is 0.227. The molecule has 48 heavy (non-hydrogen) atoms. The van der Waals surface area contributed by atoms with Crippen molar-refractivity contribution in [1.29, 1.82) is 10.5 Å². The minimum Gasteiger partial charge on any atom is -0.357 e. The van der Waals surface area contributed by atoms with E-state index < -0.39 is 0 Å². The van der Waals surface area contributed by atoms with Gasteiger partial charge in [0.25, 0.3) is 0 Å². The predicted octanol–water partition coefficient (Wildman–Crippen LogP) is 9.67. The largest absolute Gasteiger partial charge is 0.357 e. The molecule has 0 saturated carbocycles. The Morgan fingerprint density at radius 3 is 2.54 bits per heavy atom. The van der Waals surface area contributed by atoms with Crippen LogP contribution in [-0.2, 0) is 0 Å². The van der Waals surface area contributed by atoms with Crippen molar-refractivity contribution in [2.75, 3.05) is 9.80 Å². The van der Waals surface area contributed by atoms with E-state index in [1.807, 2.05) is 18.2 Å². The molecule has 4 nitrogen and oxygen atoms in total. The molecule has 0 fully saturated rings. The second-order valence-corrected chi connectivity index (χ2v) is 13.6. The van der Waals surface area contributed by atoms with Crippen LogP contribution in [0.4, 0.5) is 11.4 Å². The van der Waals surface area contributed by atoms with Crippen LogP contribution < -0.4 is 9.80 Å². The molecule has 9 rings (SSSR count). The van der Waals surface area contributed by atoms with Gasteiger partial charge in [0, 0.05) is 34.3 Å². The Balaban J connectivity index is 1.09. The number of anilines is 2. The van der Waals surface area contributed by atoms with Gasteiger partial charge in [-0.3, -0.25) is 0 Å². The Morgan fingerprint density at radius 2 is 1.67 bits per heavy atom. The van der Waals surface area contributed by atoms with Crippen LogP contribution in [0, 0.1) is 28.6 Å². The van der Waals surface area contributed by atoms with E-state index in [0.29, 0.717) is 29.0 Å². The summed E-state index contributed by atoms with van der Waals surface area (Å²) in [6.45, 7) is 0. The summed E-state index contributed by atoms with van der Waals surface area (Å²) in [4.78, 5) is 5.04. The number of nitrogens with zero attached hydrogens (tertiary/aromatic N) is 4. The molecule has 232 valence electrons. The van der Waals surface area contributed by atoms with Crippen LogP contribution in [0.25, 0.3) is 16.7 Å². The van der Waals surface area contributed by atoms with Gasteiger partial charge in [-0.1, -0.05) is 91.1 Å². The second kappa shape index (κ2) is 11.6. The van der Waals surface area contributed by atoms with Crippen molar-refractivity contribution in [3.8, 4) is 23.3 Å². The maximum absolute atomic E-state index is 10.4. The molecule has 0 bridgehead atoms. The first-order valence-corrected chi connectivity index (χ1v) is 17.3. The van der Waals surface area contributed by atoms with Gasteiger partial charge in [0.05, 0.1) is 47.1 Å². The van der Waals surface area contributed by atoms with Gasteiger partial charge in [0.2, 0.25) is 0 Å². The fourth-order valence-electron chi connectivity index (χ4n) is 9.01. The van der Waals surface area contributed by atoms with Crippen molar-refractivity contribution in [2.24, 2.45) is 5.92 Å². The molecule has 2 aliphatic heterocycles. The van der Waals surface area contributed by atoms with Crippen LogP contribution in [0.5, 0.6) is 0 Å². The zero-order valence-electron chi connectivity index (χ0n) is 26.8. The van der Waals surface area contributed by atoms with Gasteiger partial charge >= 0.3 is 0 Å². The number of rotatable bonds is 4. The van der Waals surface area contributed by atoms with E-state index in [0.717, 1.165) is 54.5 Å². The first-order valence-electron chi connectivity index (χ1n) is 17.3. The first kappa shape index (κ1) is 28.6. The summed E-state index contributed by atoms with van der Waals surface area (Å²) >= 11 is 0. The molecule has 0 spiro atoms. The van der Waals surface area contributed by atoms with Gasteiger partial charge < -0.3 is 9.80 Å². The lowest BCUT2D eigenvalue weighted by atomic mass is 9.83. The summed E-state index contributed by atoms with van der Waals surface area (Å²) in [6.07, 6.45) is 30.6. The topological polar surface area (TPSA) is 54.1 Å². The lowest BCUT2D eigenvalue weighted by Crippen LogP contribution is -2.40.